The van der Waals surface area contributed by atoms with Crippen LogP contribution in [0.2, 0.25) is 0 Å². The van der Waals surface area contributed by atoms with Crippen LogP contribution in [-0.2, 0) is 0 Å². The molecule has 0 amide bonds. The third kappa shape index (κ3) is 4.23. The van der Waals surface area contributed by atoms with E-state index in [0.29, 0.717) is 11.5 Å². The van der Waals surface area contributed by atoms with E-state index in [0.717, 1.165) is 12.3 Å². The Balaban J connectivity index is 2.62. The molecule has 0 aliphatic carbocycles. The molecule has 16 heavy (non-hydrogen) atoms. The maximum absolute atomic E-state index is 5.22. The molecule has 0 aliphatic heterocycles. The first-order valence-electron chi connectivity index (χ1n) is 5.80. The Labute approximate surface area is 99.0 Å². The third-order valence-electron chi connectivity index (χ3n) is 2.53. The number of hydrogen-bond donors (Lipinski definition) is 1. The fourth-order valence-electron chi connectivity index (χ4n) is 1.49. The van der Waals surface area contributed by atoms with Crippen LogP contribution < -0.4 is 10.1 Å². The quantitative estimate of drug-likeness (QED) is 0.841. The molecular formula is C14H23NO. The first-order valence-corrected chi connectivity index (χ1v) is 5.80. The Bertz CT molecular complexity index is 328. The molecule has 1 aromatic rings. The fourth-order valence-corrected chi connectivity index (χ4v) is 1.49. The molecule has 0 aliphatic rings. The zero-order valence-corrected chi connectivity index (χ0v) is 11.0. The highest BCUT2D eigenvalue weighted by Gasteiger charge is 2.12. The summed E-state index contributed by atoms with van der Waals surface area (Å²) in [6, 6.07) is 8.57. The molecule has 0 radical (unpaired) electrons. The molecule has 2 heteroatoms. The van der Waals surface area contributed by atoms with E-state index in [1.165, 1.54) is 5.56 Å². The van der Waals surface area contributed by atoms with Crippen molar-refractivity contribution in [2.75, 3.05) is 13.7 Å². The van der Waals surface area contributed by atoms with Gasteiger partial charge in [-0.15, -0.1) is 0 Å². The molecule has 0 saturated heterocycles. The van der Waals surface area contributed by atoms with Gasteiger partial charge in [-0.1, -0.05) is 32.9 Å². The maximum atomic E-state index is 5.22. The second kappa shape index (κ2) is 5.35. The van der Waals surface area contributed by atoms with Crippen molar-refractivity contribution in [3.05, 3.63) is 29.8 Å². The van der Waals surface area contributed by atoms with Gasteiger partial charge in [0.1, 0.15) is 5.75 Å². The Morgan fingerprint density at radius 2 is 2.00 bits per heavy atom. The van der Waals surface area contributed by atoms with Gasteiger partial charge in [-0.3, -0.25) is 0 Å². The van der Waals surface area contributed by atoms with Crippen LogP contribution in [0.1, 0.15) is 39.3 Å². The number of rotatable bonds is 4. The highest BCUT2D eigenvalue weighted by Crippen LogP contribution is 2.20. The Hall–Kier alpha value is -1.02. The molecule has 0 heterocycles. The summed E-state index contributed by atoms with van der Waals surface area (Å²) in [6.07, 6.45) is 0. The molecule has 1 rings (SSSR count). The number of nitrogens with one attached hydrogen (secondary N) is 1. The Morgan fingerprint density at radius 1 is 1.31 bits per heavy atom. The van der Waals surface area contributed by atoms with Crippen LogP contribution in [0, 0.1) is 5.41 Å². The zero-order valence-electron chi connectivity index (χ0n) is 11.0. The van der Waals surface area contributed by atoms with E-state index in [9.17, 15) is 0 Å². The van der Waals surface area contributed by atoms with Crippen molar-refractivity contribution >= 4 is 0 Å². The molecule has 0 bridgehead atoms. The van der Waals surface area contributed by atoms with Crippen LogP contribution in [0.15, 0.2) is 24.3 Å². The normalized spacial score (nSPS) is 13.6. The average Bonchev–Trinajstić information content (AvgIpc) is 2.25. The minimum atomic E-state index is 0.313. The summed E-state index contributed by atoms with van der Waals surface area (Å²) < 4.78 is 5.22. The van der Waals surface area contributed by atoms with Crippen LogP contribution in [0.3, 0.4) is 0 Å². The van der Waals surface area contributed by atoms with Crippen molar-refractivity contribution in [3.8, 4) is 5.75 Å². The minimum absolute atomic E-state index is 0.313. The van der Waals surface area contributed by atoms with Crippen molar-refractivity contribution in [2.45, 2.75) is 33.7 Å². The van der Waals surface area contributed by atoms with Crippen molar-refractivity contribution < 1.29 is 4.74 Å². The predicted molar refractivity (Wildman–Crippen MR) is 68.9 cm³/mol. The van der Waals surface area contributed by atoms with Crippen molar-refractivity contribution in [1.82, 2.24) is 5.32 Å². The first kappa shape index (κ1) is 13.0. The summed E-state index contributed by atoms with van der Waals surface area (Å²) in [5, 5.41) is 3.53. The summed E-state index contributed by atoms with van der Waals surface area (Å²) >= 11 is 0. The summed E-state index contributed by atoms with van der Waals surface area (Å²) in [7, 11) is 1.70. The highest BCUT2D eigenvalue weighted by atomic mass is 16.5. The second-order valence-electron chi connectivity index (χ2n) is 5.44. The van der Waals surface area contributed by atoms with Crippen LogP contribution in [0.5, 0.6) is 5.75 Å². The van der Waals surface area contributed by atoms with Gasteiger partial charge >= 0.3 is 0 Å². The molecule has 0 saturated carbocycles. The first-order chi connectivity index (χ1) is 7.42. The predicted octanol–water partition coefficient (Wildman–Crippen LogP) is 3.39. The van der Waals surface area contributed by atoms with Gasteiger partial charge in [0.25, 0.3) is 0 Å². The number of benzene rings is 1. The molecule has 90 valence electrons. The zero-order chi connectivity index (χ0) is 12.2. The standard InChI is InChI=1S/C14H23NO/c1-11(15-10-14(2,3)4)12-7-6-8-13(9-12)16-5/h6-9,11,15H,10H2,1-5H3. The molecule has 2 nitrogen and oxygen atoms in total. The van der Waals surface area contributed by atoms with Crippen LogP contribution in [-0.4, -0.2) is 13.7 Å². The summed E-state index contributed by atoms with van der Waals surface area (Å²) in [4.78, 5) is 0. The van der Waals surface area contributed by atoms with Gasteiger partial charge in [-0.2, -0.15) is 0 Å². The number of methoxy groups -OCH3 is 1. The molecule has 1 aromatic carbocycles. The Kier molecular flexibility index (Phi) is 4.36. The minimum Gasteiger partial charge on any atom is -0.497 e. The average molecular weight is 221 g/mol. The fraction of sp³-hybridized carbons (Fsp3) is 0.571. The number of ether oxygens (including phenoxy) is 1. The van der Waals surface area contributed by atoms with Gasteiger partial charge in [-0.05, 0) is 30.0 Å². The van der Waals surface area contributed by atoms with Crippen molar-refractivity contribution in [1.29, 1.82) is 0 Å². The molecule has 1 atom stereocenters. The van der Waals surface area contributed by atoms with E-state index in [4.69, 9.17) is 4.74 Å². The SMILES string of the molecule is COc1cccc(C(C)NCC(C)(C)C)c1. The third-order valence-corrected chi connectivity index (χ3v) is 2.53. The lowest BCUT2D eigenvalue weighted by Gasteiger charge is -2.23. The molecule has 1 N–H and O–H groups in total. The van der Waals surface area contributed by atoms with Crippen molar-refractivity contribution in [2.24, 2.45) is 5.41 Å². The van der Waals surface area contributed by atoms with Crippen LogP contribution in [0.25, 0.3) is 0 Å². The lowest BCUT2D eigenvalue weighted by atomic mass is 9.96. The van der Waals surface area contributed by atoms with Gasteiger partial charge < -0.3 is 10.1 Å². The van der Waals surface area contributed by atoms with E-state index in [-0.39, 0.29) is 0 Å². The summed E-state index contributed by atoms with van der Waals surface area (Å²) in [5.74, 6) is 0.918. The van der Waals surface area contributed by atoms with Crippen LogP contribution in [0.4, 0.5) is 0 Å². The molecular weight excluding hydrogens is 198 g/mol. The highest BCUT2D eigenvalue weighted by molar-refractivity contribution is 5.30. The van der Waals surface area contributed by atoms with Gasteiger partial charge in [0.2, 0.25) is 0 Å². The number of hydrogen-bond acceptors (Lipinski definition) is 2. The van der Waals surface area contributed by atoms with Gasteiger partial charge in [0.15, 0.2) is 0 Å². The summed E-state index contributed by atoms with van der Waals surface area (Å²) in [6.45, 7) is 9.89. The van der Waals surface area contributed by atoms with E-state index in [1.807, 2.05) is 12.1 Å². The maximum Gasteiger partial charge on any atom is 0.119 e. The largest absolute Gasteiger partial charge is 0.497 e. The monoisotopic (exact) mass is 221 g/mol. The summed E-state index contributed by atoms with van der Waals surface area (Å²) in [5.41, 5.74) is 1.58. The topological polar surface area (TPSA) is 21.3 Å². The van der Waals surface area contributed by atoms with E-state index in [1.54, 1.807) is 7.11 Å². The van der Waals surface area contributed by atoms with E-state index in [2.05, 4.69) is 45.1 Å². The smallest absolute Gasteiger partial charge is 0.119 e. The van der Waals surface area contributed by atoms with E-state index < -0.39 is 0 Å². The Morgan fingerprint density at radius 3 is 2.56 bits per heavy atom. The molecule has 0 aromatic heterocycles. The lowest BCUT2D eigenvalue weighted by Crippen LogP contribution is -2.29. The molecule has 1 unspecified atom stereocenters. The molecule has 0 spiro atoms. The van der Waals surface area contributed by atoms with Gasteiger partial charge in [0, 0.05) is 12.6 Å². The van der Waals surface area contributed by atoms with Crippen LogP contribution >= 0.6 is 0 Å². The van der Waals surface area contributed by atoms with Crippen molar-refractivity contribution in [3.63, 3.8) is 0 Å². The van der Waals surface area contributed by atoms with Gasteiger partial charge in [0.05, 0.1) is 7.11 Å². The van der Waals surface area contributed by atoms with Gasteiger partial charge in [-0.25, -0.2) is 0 Å². The molecule has 0 fully saturated rings. The lowest BCUT2D eigenvalue weighted by molar-refractivity contribution is 0.359. The second-order valence-corrected chi connectivity index (χ2v) is 5.44. The van der Waals surface area contributed by atoms with E-state index >= 15 is 0 Å².